The second-order valence-corrected chi connectivity index (χ2v) is 3.99. The second-order valence-electron chi connectivity index (χ2n) is 3.99. The third-order valence-electron chi connectivity index (χ3n) is 2.49. The van der Waals surface area contributed by atoms with Crippen molar-refractivity contribution in [2.75, 3.05) is 11.9 Å². The fourth-order valence-electron chi connectivity index (χ4n) is 1.70. The van der Waals surface area contributed by atoms with E-state index in [1.54, 1.807) is 0 Å². The Morgan fingerprint density at radius 1 is 1.53 bits per heavy atom. The van der Waals surface area contributed by atoms with Crippen molar-refractivity contribution in [2.45, 2.75) is 19.8 Å². The molecule has 0 spiro atoms. The number of carbonyl (C=O) groups is 1. The van der Waals surface area contributed by atoms with E-state index in [4.69, 9.17) is 5.73 Å². The van der Waals surface area contributed by atoms with Crippen molar-refractivity contribution in [1.82, 2.24) is 9.97 Å². The fraction of sp³-hybridized carbons (Fsp3) is 0.333. The largest absolute Gasteiger partial charge is 0.342 e. The minimum absolute atomic E-state index is 0.00830. The SMILES string of the molecule is Cc1nc2ccc(NC(=O)CCCN)cc2[nH]1. The smallest absolute Gasteiger partial charge is 0.224 e. The van der Waals surface area contributed by atoms with Crippen molar-refractivity contribution < 1.29 is 4.79 Å². The molecule has 5 heteroatoms. The van der Waals surface area contributed by atoms with Crippen molar-refractivity contribution in [3.63, 3.8) is 0 Å². The number of nitrogens with zero attached hydrogens (tertiary/aromatic N) is 1. The first-order valence-electron chi connectivity index (χ1n) is 5.65. The van der Waals surface area contributed by atoms with Crippen LogP contribution in [0.2, 0.25) is 0 Å². The Labute approximate surface area is 99.4 Å². The van der Waals surface area contributed by atoms with Gasteiger partial charge in [0.15, 0.2) is 0 Å². The monoisotopic (exact) mass is 232 g/mol. The van der Waals surface area contributed by atoms with E-state index in [2.05, 4.69) is 15.3 Å². The van der Waals surface area contributed by atoms with E-state index in [1.165, 1.54) is 0 Å². The zero-order valence-corrected chi connectivity index (χ0v) is 9.79. The van der Waals surface area contributed by atoms with Crippen molar-refractivity contribution in [3.8, 4) is 0 Å². The number of H-pyrrole nitrogens is 1. The van der Waals surface area contributed by atoms with Crippen LogP contribution in [0, 0.1) is 6.92 Å². The van der Waals surface area contributed by atoms with Crippen LogP contribution in [0.15, 0.2) is 18.2 Å². The summed E-state index contributed by atoms with van der Waals surface area (Å²) in [5, 5.41) is 2.84. The molecule has 0 saturated carbocycles. The number of imidazole rings is 1. The lowest BCUT2D eigenvalue weighted by atomic mass is 10.2. The first kappa shape index (κ1) is 11.6. The summed E-state index contributed by atoms with van der Waals surface area (Å²) in [5.41, 5.74) is 7.97. The molecule has 0 fully saturated rings. The molecule has 0 unspecified atom stereocenters. The Morgan fingerprint density at radius 2 is 2.35 bits per heavy atom. The number of fused-ring (bicyclic) bond motifs is 1. The van der Waals surface area contributed by atoms with E-state index in [0.717, 1.165) is 22.5 Å². The van der Waals surface area contributed by atoms with E-state index in [9.17, 15) is 4.79 Å². The number of benzene rings is 1. The molecule has 0 radical (unpaired) electrons. The van der Waals surface area contributed by atoms with E-state index >= 15 is 0 Å². The molecular formula is C12H16N4O. The van der Waals surface area contributed by atoms with E-state index in [0.29, 0.717) is 19.4 Å². The Kier molecular flexibility index (Phi) is 3.39. The van der Waals surface area contributed by atoms with Crippen LogP contribution in [-0.4, -0.2) is 22.4 Å². The number of hydrogen-bond donors (Lipinski definition) is 3. The molecule has 0 bridgehead atoms. The van der Waals surface area contributed by atoms with Crippen LogP contribution in [-0.2, 0) is 4.79 Å². The van der Waals surface area contributed by atoms with Crippen LogP contribution in [0.4, 0.5) is 5.69 Å². The molecule has 0 aliphatic rings. The lowest BCUT2D eigenvalue weighted by Gasteiger charge is -2.04. The number of nitrogens with two attached hydrogens (primary N) is 1. The summed E-state index contributed by atoms with van der Waals surface area (Å²) >= 11 is 0. The zero-order chi connectivity index (χ0) is 12.3. The summed E-state index contributed by atoms with van der Waals surface area (Å²) in [4.78, 5) is 19.0. The summed E-state index contributed by atoms with van der Waals surface area (Å²) in [6.45, 7) is 2.44. The third kappa shape index (κ3) is 2.82. The number of anilines is 1. The standard InChI is InChI=1S/C12H16N4O/c1-8-14-10-5-4-9(7-11(10)15-8)16-12(17)3-2-6-13/h4-5,7H,2-3,6,13H2,1H3,(H,14,15)(H,16,17). The van der Waals surface area contributed by atoms with Crippen molar-refractivity contribution in [1.29, 1.82) is 0 Å². The average molecular weight is 232 g/mol. The summed E-state index contributed by atoms with van der Waals surface area (Å²) in [6, 6.07) is 5.62. The molecule has 0 atom stereocenters. The van der Waals surface area contributed by atoms with Crippen LogP contribution in [0.3, 0.4) is 0 Å². The molecular weight excluding hydrogens is 216 g/mol. The summed E-state index contributed by atoms with van der Waals surface area (Å²) in [5.74, 6) is 0.859. The molecule has 1 amide bonds. The highest BCUT2D eigenvalue weighted by molar-refractivity contribution is 5.93. The van der Waals surface area contributed by atoms with Gasteiger partial charge in [0.25, 0.3) is 0 Å². The van der Waals surface area contributed by atoms with Crippen LogP contribution in [0.25, 0.3) is 11.0 Å². The minimum Gasteiger partial charge on any atom is -0.342 e. The average Bonchev–Trinajstić information content (AvgIpc) is 2.65. The molecule has 90 valence electrons. The Balaban J connectivity index is 2.10. The Morgan fingerprint density at radius 3 is 3.12 bits per heavy atom. The number of nitrogens with one attached hydrogen (secondary N) is 2. The van der Waals surface area contributed by atoms with Gasteiger partial charge in [0.1, 0.15) is 5.82 Å². The van der Waals surface area contributed by atoms with Crippen LogP contribution < -0.4 is 11.1 Å². The molecule has 4 N–H and O–H groups in total. The van der Waals surface area contributed by atoms with Crippen LogP contribution >= 0.6 is 0 Å². The molecule has 2 aromatic rings. The maximum atomic E-state index is 11.5. The Hall–Kier alpha value is -1.88. The predicted molar refractivity (Wildman–Crippen MR) is 67.7 cm³/mol. The van der Waals surface area contributed by atoms with E-state index < -0.39 is 0 Å². The number of aromatic amines is 1. The van der Waals surface area contributed by atoms with Gasteiger partial charge in [-0.2, -0.15) is 0 Å². The molecule has 1 aromatic carbocycles. The third-order valence-corrected chi connectivity index (χ3v) is 2.49. The quantitative estimate of drug-likeness (QED) is 0.747. The van der Waals surface area contributed by atoms with Crippen molar-refractivity contribution >= 4 is 22.6 Å². The highest BCUT2D eigenvalue weighted by Crippen LogP contribution is 2.17. The first-order valence-corrected chi connectivity index (χ1v) is 5.65. The molecule has 2 rings (SSSR count). The van der Waals surface area contributed by atoms with Crippen molar-refractivity contribution in [3.05, 3.63) is 24.0 Å². The van der Waals surface area contributed by atoms with Gasteiger partial charge in [0, 0.05) is 12.1 Å². The fourth-order valence-corrected chi connectivity index (χ4v) is 1.70. The van der Waals surface area contributed by atoms with Gasteiger partial charge in [-0.1, -0.05) is 0 Å². The molecule has 1 aromatic heterocycles. The van der Waals surface area contributed by atoms with Gasteiger partial charge in [-0.15, -0.1) is 0 Å². The second kappa shape index (κ2) is 4.97. The molecule has 5 nitrogen and oxygen atoms in total. The predicted octanol–water partition coefficient (Wildman–Crippen LogP) is 1.55. The van der Waals surface area contributed by atoms with Gasteiger partial charge >= 0.3 is 0 Å². The number of amides is 1. The maximum absolute atomic E-state index is 11.5. The number of hydrogen-bond acceptors (Lipinski definition) is 3. The minimum atomic E-state index is -0.00830. The first-order chi connectivity index (χ1) is 8.19. The lowest BCUT2D eigenvalue weighted by molar-refractivity contribution is -0.116. The number of aromatic nitrogens is 2. The normalized spacial score (nSPS) is 10.7. The highest BCUT2D eigenvalue weighted by Gasteiger charge is 2.04. The van der Waals surface area contributed by atoms with E-state index in [1.807, 2.05) is 25.1 Å². The van der Waals surface area contributed by atoms with Crippen molar-refractivity contribution in [2.24, 2.45) is 5.73 Å². The van der Waals surface area contributed by atoms with Gasteiger partial charge in [-0.3, -0.25) is 4.79 Å². The van der Waals surface area contributed by atoms with Gasteiger partial charge in [0.05, 0.1) is 11.0 Å². The lowest BCUT2D eigenvalue weighted by Crippen LogP contribution is -2.13. The zero-order valence-electron chi connectivity index (χ0n) is 9.79. The maximum Gasteiger partial charge on any atom is 0.224 e. The summed E-state index contributed by atoms with van der Waals surface area (Å²) in [6.07, 6.45) is 1.16. The number of carbonyl (C=O) groups excluding carboxylic acids is 1. The number of rotatable bonds is 4. The number of aryl methyl sites for hydroxylation is 1. The molecule has 0 aliphatic heterocycles. The summed E-state index contributed by atoms with van der Waals surface area (Å²) < 4.78 is 0. The molecule has 17 heavy (non-hydrogen) atoms. The van der Waals surface area contributed by atoms with Crippen LogP contribution in [0.5, 0.6) is 0 Å². The molecule has 0 saturated heterocycles. The Bertz CT molecular complexity index is 532. The summed E-state index contributed by atoms with van der Waals surface area (Å²) in [7, 11) is 0. The topological polar surface area (TPSA) is 83.8 Å². The van der Waals surface area contributed by atoms with Gasteiger partial charge in [-0.05, 0) is 38.1 Å². The molecule has 1 heterocycles. The van der Waals surface area contributed by atoms with Gasteiger partial charge < -0.3 is 16.0 Å². The van der Waals surface area contributed by atoms with E-state index in [-0.39, 0.29) is 5.91 Å². The van der Waals surface area contributed by atoms with Gasteiger partial charge in [-0.25, -0.2) is 4.98 Å². The molecule has 0 aliphatic carbocycles. The van der Waals surface area contributed by atoms with Gasteiger partial charge in [0.2, 0.25) is 5.91 Å². The highest BCUT2D eigenvalue weighted by atomic mass is 16.1. The van der Waals surface area contributed by atoms with Crippen LogP contribution in [0.1, 0.15) is 18.7 Å².